The maximum Gasteiger partial charge on any atom is 0.277 e. The third kappa shape index (κ3) is 3.89. The molecule has 0 bridgehead atoms. The third-order valence-corrected chi connectivity index (χ3v) is 3.75. The Kier molecular flexibility index (Phi) is 4.58. The Labute approximate surface area is 136 Å². The van der Waals surface area contributed by atoms with Crippen LogP contribution >= 0.6 is 11.5 Å². The van der Waals surface area contributed by atoms with Gasteiger partial charge in [0.15, 0.2) is 5.69 Å². The van der Waals surface area contributed by atoms with Crippen LogP contribution in [-0.4, -0.2) is 15.3 Å². The third-order valence-electron chi connectivity index (χ3n) is 3.12. The molecule has 3 aromatic rings. The molecule has 0 aliphatic carbocycles. The van der Waals surface area contributed by atoms with Crippen molar-refractivity contribution in [2.24, 2.45) is 0 Å². The smallest absolute Gasteiger partial charge is 0.277 e. The fraction of sp³-hybridized carbons (Fsp3) is 0.0625. The van der Waals surface area contributed by atoms with Gasteiger partial charge in [-0.2, -0.15) is 4.37 Å². The molecule has 0 aliphatic rings. The lowest BCUT2D eigenvalue weighted by Crippen LogP contribution is -2.14. The molecule has 0 saturated carbocycles. The van der Waals surface area contributed by atoms with Crippen molar-refractivity contribution in [2.75, 3.05) is 10.6 Å². The predicted octanol–water partition coefficient (Wildman–Crippen LogP) is 3.54. The van der Waals surface area contributed by atoms with Crippen molar-refractivity contribution in [3.63, 3.8) is 0 Å². The predicted molar refractivity (Wildman–Crippen MR) is 88.0 cm³/mol. The fourth-order valence-electron chi connectivity index (χ4n) is 1.95. The minimum atomic E-state index is -0.351. The first-order valence-electron chi connectivity index (χ1n) is 6.86. The van der Waals surface area contributed by atoms with E-state index in [4.69, 9.17) is 0 Å². The Morgan fingerprint density at radius 2 is 1.87 bits per heavy atom. The molecule has 1 amide bonds. The second-order valence-electron chi connectivity index (χ2n) is 4.75. The average molecular weight is 328 g/mol. The largest absolute Gasteiger partial charge is 0.378 e. The zero-order valence-corrected chi connectivity index (χ0v) is 12.8. The van der Waals surface area contributed by atoms with Crippen LogP contribution in [0.1, 0.15) is 16.1 Å². The Hall–Kier alpha value is -2.80. The highest BCUT2D eigenvalue weighted by Crippen LogP contribution is 2.20. The number of hydrogen-bond acceptors (Lipinski definition) is 5. The van der Waals surface area contributed by atoms with Crippen molar-refractivity contribution in [2.45, 2.75) is 6.54 Å². The first-order valence-corrected chi connectivity index (χ1v) is 7.70. The first-order chi connectivity index (χ1) is 11.2. The molecule has 0 atom stereocenters. The van der Waals surface area contributed by atoms with Crippen molar-refractivity contribution in [3.05, 3.63) is 71.2 Å². The number of carbonyl (C=O) groups is 1. The van der Waals surface area contributed by atoms with E-state index in [1.54, 1.807) is 17.8 Å². The summed E-state index contributed by atoms with van der Waals surface area (Å²) in [6, 6.07) is 9.38. The number of amides is 1. The quantitative estimate of drug-likeness (QED) is 0.752. The molecule has 0 fully saturated rings. The maximum atomic E-state index is 12.9. The van der Waals surface area contributed by atoms with Gasteiger partial charge >= 0.3 is 0 Å². The van der Waals surface area contributed by atoms with Gasteiger partial charge in [-0.15, -0.1) is 0 Å². The highest BCUT2D eigenvalue weighted by molar-refractivity contribution is 7.04. The lowest BCUT2D eigenvalue weighted by atomic mass is 10.2. The monoisotopic (exact) mass is 328 g/mol. The van der Waals surface area contributed by atoms with Gasteiger partial charge in [0.1, 0.15) is 5.82 Å². The van der Waals surface area contributed by atoms with Crippen LogP contribution < -0.4 is 10.6 Å². The van der Waals surface area contributed by atoms with Crippen LogP contribution in [0.2, 0.25) is 0 Å². The van der Waals surface area contributed by atoms with Crippen LogP contribution in [0.5, 0.6) is 0 Å². The van der Waals surface area contributed by atoms with Gasteiger partial charge < -0.3 is 10.6 Å². The Bertz CT molecular complexity index is 789. The molecule has 1 aromatic carbocycles. The summed E-state index contributed by atoms with van der Waals surface area (Å²) < 4.78 is 17.0. The van der Waals surface area contributed by atoms with E-state index in [0.29, 0.717) is 23.6 Å². The lowest BCUT2D eigenvalue weighted by Gasteiger charge is -2.07. The molecule has 0 aliphatic heterocycles. The molecule has 116 valence electrons. The Morgan fingerprint density at radius 3 is 2.61 bits per heavy atom. The first kappa shape index (κ1) is 15.1. The van der Waals surface area contributed by atoms with Crippen LogP contribution in [0.4, 0.5) is 15.8 Å². The molecular formula is C16H13FN4OS. The molecule has 0 spiro atoms. The SMILES string of the molecule is O=C(Nc1ccc(F)cc1)c1nscc1NCc1ccncc1. The van der Waals surface area contributed by atoms with Crippen molar-refractivity contribution < 1.29 is 9.18 Å². The molecular weight excluding hydrogens is 315 g/mol. The summed E-state index contributed by atoms with van der Waals surface area (Å²) in [6.07, 6.45) is 3.43. The Balaban J connectivity index is 1.67. The number of hydrogen-bond donors (Lipinski definition) is 2. The normalized spacial score (nSPS) is 10.3. The van der Waals surface area contributed by atoms with Gasteiger partial charge in [-0.05, 0) is 53.5 Å². The molecule has 2 heterocycles. The van der Waals surface area contributed by atoms with Gasteiger partial charge in [-0.3, -0.25) is 9.78 Å². The van der Waals surface area contributed by atoms with Crippen molar-refractivity contribution in [3.8, 4) is 0 Å². The number of halogens is 1. The minimum Gasteiger partial charge on any atom is -0.378 e. The van der Waals surface area contributed by atoms with Crippen LogP contribution in [0.3, 0.4) is 0 Å². The highest BCUT2D eigenvalue weighted by atomic mass is 32.1. The molecule has 0 radical (unpaired) electrons. The summed E-state index contributed by atoms with van der Waals surface area (Å²) in [6.45, 7) is 0.567. The molecule has 2 N–H and O–H groups in total. The van der Waals surface area contributed by atoms with Gasteiger partial charge in [0.25, 0.3) is 5.91 Å². The molecule has 7 heteroatoms. The molecule has 23 heavy (non-hydrogen) atoms. The summed E-state index contributed by atoms with van der Waals surface area (Å²) in [4.78, 5) is 16.2. The Morgan fingerprint density at radius 1 is 1.13 bits per heavy atom. The minimum absolute atomic E-state index is 0.313. The highest BCUT2D eigenvalue weighted by Gasteiger charge is 2.15. The van der Waals surface area contributed by atoms with Crippen molar-refractivity contribution >= 4 is 28.8 Å². The van der Waals surface area contributed by atoms with Crippen molar-refractivity contribution in [1.82, 2.24) is 9.36 Å². The number of carbonyl (C=O) groups excluding carboxylic acids is 1. The van der Waals surface area contributed by atoms with E-state index in [2.05, 4.69) is 20.0 Å². The van der Waals surface area contributed by atoms with Gasteiger partial charge in [0, 0.05) is 30.0 Å². The van der Waals surface area contributed by atoms with Crippen LogP contribution in [0, 0.1) is 5.82 Å². The van der Waals surface area contributed by atoms with Gasteiger partial charge in [0.05, 0.1) is 5.69 Å². The molecule has 0 saturated heterocycles. The lowest BCUT2D eigenvalue weighted by molar-refractivity contribution is 0.102. The summed E-state index contributed by atoms with van der Waals surface area (Å²) in [5.41, 5.74) is 2.54. The van der Waals surface area contributed by atoms with Crippen LogP contribution in [0.15, 0.2) is 54.2 Å². The second-order valence-corrected chi connectivity index (χ2v) is 5.38. The molecule has 2 aromatic heterocycles. The summed E-state index contributed by atoms with van der Waals surface area (Å²) in [7, 11) is 0. The zero-order chi connectivity index (χ0) is 16.1. The second kappa shape index (κ2) is 6.97. The topological polar surface area (TPSA) is 66.9 Å². The van der Waals surface area contributed by atoms with Gasteiger partial charge in [-0.25, -0.2) is 4.39 Å². The number of nitrogens with zero attached hydrogens (tertiary/aromatic N) is 2. The summed E-state index contributed by atoms with van der Waals surface area (Å²) in [5, 5.41) is 7.66. The van der Waals surface area contributed by atoms with E-state index in [-0.39, 0.29) is 11.7 Å². The molecule has 3 rings (SSSR count). The van der Waals surface area contributed by atoms with Crippen molar-refractivity contribution in [1.29, 1.82) is 0 Å². The van der Waals surface area contributed by atoms with E-state index < -0.39 is 0 Å². The fourth-order valence-corrected chi connectivity index (χ4v) is 2.59. The van der Waals surface area contributed by atoms with Gasteiger partial charge in [0.2, 0.25) is 0 Å². The van der Waals surface area contributed by atoms with Crippen LogP contribution in [-0.2, 0) is 6.54 Å². The van der Waals surface area contributed by atoms with E-state index in [0.717, 1.165) is 5.56 Å². The summed E-state index contributed by atoms with van der Waals surface area (Å²) >= 11 is 1.20. The number of nitrogens with one attached hydrogen (secondary N) is 2. The number of pyridine rings is 1. The molecule has 0 unspecified atom stereocenters. The maximum absolute atomic E-state index is 12.9. The number of benzene rings is 1. The van der Waals surface area contributed by atoms with E-state index in [9.17, 15) is 9.18 Å². The average Bonchev–Trinajstić information content (AvgIpc) is 3.05. The number of anilines is 2. The summed E-state index contributed by atoms with van der Waals surface area (Å²) in [5.74, 6) is -0.688. The van der Waals surface area contributed by atoms with Gasteiger partial charge in [-0.1, -0.05) is 0 Å². The van der Waals surface area contributed by atoms with E-state index >= 15 is 0 Å². The molecule has 5 nitrogen and oxygen atoms in total. The van der Waals surface area contributed by atoms with E-state index in [1.807, 2.05) is 12.1 Å². The number of aromatic nitrogens is 2. The van der Waals surface area contributed by atoms with Crippen LogP contribution in [0.25, 0.3) is 0 Å². The number of rotatable bonds is 5. The standard InChI is InChI=1S/C16H13FN4OS/c17-12-1-3-13(4-2-12)20-16(22)15-14(10-23-21-15)19-9-11-5-7-18-8-6-11/h1-8,10,19H,9H2,(H,20,22). The van der Waals surface area contributed by atoms with E-state index in [1.165, 1.54) is 35.8 Å². The zero-order valence-electron chi connectivity index (χ0n) is 12.0.